The van der Waals surface area contributed by atoms with E-state index in [2.05, 4.69) is 39.9 Å². The Morgan fingerprint density at radius 3 is 1.90 bits per heavy atom. The molecule has 18 heteroatoms. The number of phenols is 1. The van der Waals surface area contributed by atoms with Crippen LogP contribution in [0.4, 0.5) is 0 Å². The largest absolute Gasteiger partial charge is 0.508 e. The summed E-state index contributed by atoms with van der Waals surface area (Å²) in [5.41, 5.74) is -1.51. The average Bonchev–Trinajstić information content (AvgIpc) is 3.64. The molecule has 1 aromatic rings. The van der Waals surface area contributed by atoms with Crippen molar-refractivity contribution in [3.63, 3.8) is 0 Å². The van der Waals surface area contributed by atoms with Crippen LogP contribution in [0.25, 0.3) is 0 Å². The van der Waals surface area contributed by atoms with E-state index < -0.39 is 90.2 Å². The molecule has 1 aromatic carbocycles. The van der Waals surface area contributed by atoms with Crippen molar-refractivity contribution < 1.29 is 81.3 Å². The van der Waals surface area contributed by atoms with Gasteiger partial charge < -0.3 is 53.1 Å². The van der Waals surface area contributed by atoms with Gasteiger partial charge in [-0.05, 0) is 123 Å². The van der Waals surface area contributed by atoms with Crippen molar-refractivity contribution >= 4 is 41.8 Å². The summed E-state index contributed by atoms with van der Waals surface area (Å²) in [6.45, 7) is 20.8. The minimum absolute atomic E-state index is 0.0685. The fraction of sp³-hybridized carbons (Fsp3) is 0.759. The van der Waals surface area contributed by atoms with Gasteiger partial charge in [0.1, 0.15) is 30.6 Å². The van der Waals surface area contributed by atoms with Gasteiger partial charge in [-0.2, -0.15) is 0 Å². The predicted octanol–water partition coefficient (Wildman–Crippen LogP) is 6.86. The Morgan fingerprint density at radius 1 is 0.736 bits per heavy atom. The Balaban J connectivity index is 1.58. The van der Waals surface area contributed by atoms with Crippen molar-refractivity contribution in [3.05, 3.63) is 29.8 Å². The highest BCUT2D eigenvalue weighted by Crippen LogP contribution is 2.70. The number of hydrogen-bond donors (Lipinski definition) is 2. The molecule has 72 heavy (non-hydrogen) atoms. The van der Waals surface area contributed by atoms with Gasteiger partial charge in [-0.3, -0.25) is 33.6 Å². The minimum atomic E-state index is -1.50. The van der Waals surface area contributed by atoms with Crippen LogP contribution in [0.1, 0.15) is 146 Å². The molecule has 2 N–H and O–H groups in total. The Hall–Kier alpha value is -4.81. The maximum atomic E-state index is 13.1. The van der Waals surface area contributed by atoms with Gasteiger partial charge in [0.05, 0.1) is 19.3 Å². The first-order valence-electron chi connectivity index (χ1n) is 25.5. The van der Waals surface area contributed by atoms with Crippen LogP contribution in [0.5, 0.6) is 5.75 Å². The molecular weight excluding hydrogens is 935 g/mol. The van der Waals surface area contributed by atoms with E-state index in [4.69, 9.17) is 42.6 Å². The van der Waals surface area contributed by atoms with Crippen LogP contribution in [-0.4, -0.2) is 122 Å². The van der Waals surface area contributed by atoms with Crippen LogP contribution in [0, 0.1) is 39.4 Å². The summed E-state index contributed by atoms with van der Waals surface area (Å²) in [4.78, 5) is 88.9. The summed E-state index contributed by atoms with van der Waals surface area (Å²) in [6, 6.07) is 5.81. The predicted molar refractivity (Wildman–Crippen MR) is 259 cm³/mol. The van der Waals surface area contributed by atoms with Gasteiger partial charge in [-0.1, -0.05) is 46.8 Å². The monoisotopic (exact) mass is 1020 g/mol. The van der Waals surface area contributed by atoms with Crippen LogP contribution in [0.15, 0.2) is 24.3 Å². The van der Waals surface area contributed by atoms with Gasteiger partial charge in [0, 0.05) is 52.9 Å². The number of carbonyl (C=O) groups is 7. The highest BCUT2D eigenvalue weighted by molar-refractivity contribution is 5.76. The number of rotatable bonds is 20. The Kier molecular flexibility index (Phi) is 19.0. The van der Waals surface area contributed by atoms with Gasteiger partial charge in [-0.15, -0.1) is 0 Å². The zero-order valence-corrected chi connectivity index (χ0v) is 44.8. The van der Waals surface area contributed by atoms with Crippen molar-refractivity contribution in [2.75, 3.05) is 26.9 Å². The first kappa shape index (κ1) is 58.1. The topological polar surface area (TPSA) is 235 Å². The second-order valence-electron chi connectivity index (χ2n) is 22.4. The molecule has 18 nitrogen and oxygen atoms in total. The standard InChI is InChI=1S/C54H81NO17/c1-31(56)65-28-40-39(19-25-53(40,11)52(10)24-20-43-50(7,8)44(67-33(3)58)21-23-51(43,9)30-52)54(12,22-14-26-55-41(48(63)64-13)27-37-15-17-38(62)18-16-37)72-49-47(70-36(6)61)46(69-35(5)60)45(68-34(4)59)42(71-49)29-66-32(2)57/h15-18,39-47,49,55,62H,14,19-30H2,1-13H3/t39?,40-,41+,42-,43?,44+,45-,46+,47-,49-,51-,52-,53-,54+/m1/s1. The molecule has 1 heterocycles. The molecular formula is C54H81NO17. The lowest BCUT2D eigenvalue weighted by atomic mass is 9.42. The first-order valence-corrected chi connectivity index (χ1v) is 25.5. The number of ether oxygens (including phenoxy) is 9. The van der Waals surface area contributed by atoms with Crippen molar-refractivity contribution in [3.8, 4) is 5.75 Å². The van der Waals surface area contributed by atoms with Crippen LogP contribution < -0.4 is 5.32 Å². The number of esters is 7. The molecule has 14 atom stereocenters. The second-order valence-corrected chi connectivity index (χ2v) is 22.4. The van der Waals surface area contributed by atoms with Gasteiger partial charge in [0.25, 0.3) is 0 Å². The molecule has 404 valence electrons. The molecule has 0 amide bonds. The lowest BCUT2D eigenvalue weighted by molar-refractivity contribution is -0.337. The number of aromatic hydroxyl groups is 1. The molecule has 0 bridgehead atoms. The van der Waals surface area contributed by atoms with Crippen molar-refractivity contribution in [1.29, 1.82) is 0 Å². The molecule has 4 fully saturated rings. The molecule has 0 aromatic heterocycles. The highest BCUT2D eigenvalue weighted by Gasteiger charge is 2.65. The minimum Gasteiger partial charge on any atom is -0.508 e. The van der Waals surface area contributed by atoms with E-state index in [1.807, 2.05) is 6.92 Å². The lowest BCUT2D eigenvalue weighted by Gasteiger charge is -2.63. The maximum absolute atomic E-state index is 13.1. The van der Waals surface area contributed by atoms with E-state index in [-0.39, 0.29) is 64.8 Å². The first-order chi connectivity index (χ1) is 33.6. The van der Waals surface area contributed by atoms with Gasteiger partial charge >= 0.3 is 41.8 Å². The average molecular weight is 1020 g/mol. The van der Waals surface area contributed by atoms with E-state index in [0.717, 1.165) is 57.9 Å². The summed E-state index contributed by atoms with van der Waals surface area (Å²) < 4.78 is 53.8. The number of hydrogen-bond acceptors (Lipinski definition) is 18. The van der Waals surface area contributed by atoms with Crippen molar-refractivity contribution in [2.45, 2.75) is 196 Å². The van der Waals surface area contributed by atoms with Gasteiger partial charge in [0.15, 0.2) is 24.6 Å². The number of benzene rings is 1. The molecule has 0 spiro atoms. The summed E-state index contributed by atoms with van der Waals surface area (Å²) in [5.74, 6) is -4.48. The van der Waals surface area contributed by atoms with E-state index in [0.29, 0.717) is 25.8 Å². The highest BCUT2D eigenvalue weighted by atomic mass is 16.7. The fourth-order valence-corrected chi connectivity index (χ4v) is 13.5. The van der Waals surface area contributed by atoms with E-state index in [1.165, 1.54) is 34.8 Å². The summed E-state index contributed by atoms with van der Waals surface area (Å²) in [6.07, 6.45) is -0.732. The molecule has 1 aliphatic heterocycles. The molecule has 5 rings (SSSR count). The second kappa shape index (κ2) is 23.6. The lowest BCUT2D eigenvalue weighted by Crippen LogP contribution is -2.64. The number of methoxy groups -OCH3 is 1. The van der Waals surface area contributed by atoms with Crippen LogP contribution >= 0.6 is 0 Å². The van der Waals surface area contributed by atoms with Crippen LogP contribution in [0.2, 0.25) is 0 Å². The van der Waals surface area contributed by atoms with E-state index >= 15 is 0 Å². The summed E-state index contributed by atoms with van der Waals surface area (Å²) >= 11 is 0. The Morgan fingerprint density at radius 2 is 1.32 bits per heavy atom. The summed E-state index contributed by atoms with van der Waals surface area (Å²) in [7, 11) is 1.31. The number of nitrogens with one attached hydrogen (secondary N) is 1. The number of carbonyl (C=O) groups excluding carboxylic acids is 7. The molecule has 2 unspecified atom stereocenters. The van der Waals surface area contributed by atoms with Gasteiger partial charge in [0.2, 0.25) is 0 Å². The third-order valence-corrected chi connectivity index (χ3v) is 17.0. The van der Waals surface area contributed by atoms with E-state index in [9.17, 15) is 38.7 Å². The Bertz CT molecular complexity index is 2110. The van der Waals surface area contributed by atoms with E-state index in [1.54, 1.807) is 24.3 Å². The number of fused-ring (bicyclic) bond motifs is 1. The van der Waals surface area contributed by atoms with Crippen molar-refractivity contribution in [1.82, 2.24) is 5.32 Å². The molecule has 3 aliphatic carbocycles. The zero-order chi connectivity index (χ0) is 53.6. The fourth-order valence-electron chi connectivity index (χ4n) is 13.5. The van der Waals surface area contributed by atoms with Crippen LogP contribution in [-0.2, 0) is 82.6 Å². The quantitative estimate of drug-likeness (QED) is 0.0771. The van der Waals surface area contributed by atoms with Gasteiger partial charge in [-0.25, -0.2) is 0 Å². The molecule has 1 saturated heterocycles. The molecule has 4 aliphatic rings. The third-order valence-electron chi connectivity index (χ3n) is 17.0. The Labute approximate surface area is 424 Å². The number of phenolic OH excluding ortho intramolecular Hbond substituents is 1. The SMILES string of the molecule is COC(=O)[C@H](Cc1ccc(O)cc1)NCCC[C@](C)(O[C@H]1O[C@H](COC(C)=O)[C@@H](OC(C)=O)[C@H](OC(C)=O)[C@H]1OC(C)=O)C1CC[C@@](C)([C@]2(C)CCC3C(C)(C)[C@@H](OC(C)=O)CC[C@]3(C)C2)[C@@H]1COC(C)=O. The normalized spacial score (nSPS) is 33.2. The smallest absolute Gasteiger partial charge is 0.323 e. The molecule has 0 radical (unpaired) electrons. The summed E-state index contributed by atoms with van der Waals surface area (Å²) in [5, 5.41) is 13.2. The maximum Gasteiger partial charge on any atom is 0.323 e. The molecule has 3 saturated carbocycles. The zero-order valence-electron chi connectivity index (χ0n) is 44.8. The third kappa shape index (κ3) is 13.5. The van der Waals surface area contributed by atoms with Crippen LogP contribution in [0.3, 0.4) is 0 Å². The van der Waals surface area contributed by atoms with Crippen molar-refractivity contribution in [2.24, 2.45) is 39.4 Å².